The summed E-state index contributed by atoms with van der Waals surface area (Å²) in [5.74, 6) is -1.73. The van der Waals surface area contributed by atoms with E-state index in [-0.39, 0.29) is 31.1 Å². The first-order valence-electron chi connectivity index (χ1n) is 8.94. The zero-order chi connectivity index (χ0) is 22.1. The first-order chi connectivity index (χ1) is 14.0. The summed E-state index contributed by atoms with van der Waals surface area (Å²) >= 11 is 0. The summed E-state index contributed by atoms with van der Waals surface area (Å²) in [7, 11) is -3.14. The summed E-state index contributed by atoms with van der Waals surface area (Å²) in [6, 6.07) is 4.38. The van der Waals surface area contributed by atoms with Gasteiger partial charge in [0, 0.05) is 39.0 Å². The van der Waals surface area contributed by atoms with Crippen molar-refractivity contribution in [2.24, 2.45) is 0 Å². The van der Waals surface area contributed by atoms with Crippen LogP contribution in [0.25, 0.3) is 5.69 Å². The van der Waals surface area contributed by atoms with Crippen LogP contribution in [0.3, 0.4) is 0 Å². The smallest absolute Gasteiger partial charge is 0.335 e. The Hall–Kier alpha value is -2.54. The lowest BCUT2D eigenvalue weighted by molar-refractivity contribution is -0.143. The maximum absolute atomic E-state index is 13.7. The number of aromatic nitrogens is 3. The van der Waals surface area contributed by atoms with E-state index in [4.69, 9.17) is 0 Å². The van der Waals surface area contributed by atoms with E-state index in [2.05, 4.69) is 10.3 Å². The average Bonchev–Trinajstić information content (AvgIpc) is 3.11. The largest absolute Gasteiger partial charge is 0.435 e. The minimum atomic E-state index is -4.95. The van der Waals surface area contributed by atoms with E-state index in [1.165, 1.54) is 17.0 Å². The van der Waals surface area contributed by atoms with Gasteiger partial charge in [0.15, 0.2) is 11.4 Å². The Bertz CT molecular complexity index is 1030. The SMILES string of the molecule is CS(=O)(=O)CCN1CCN(C(=O)c2nnn(-c3cccc(F)c3)c2C(F)(F)F)CC1. The predicted molar refractivity (Wildman–Crippen MR) is 98.4 cm³/mol. The van der Waals surface area contributed by atoms with Crippen molar-refractivity contribution in [3.8, 4) is 5.69 Å². The molecule has 30 heavy (non-hydrogen) atoms. The normalized spacial score (nSPS) is 16.1. The molecule has 1 fully saturated rings. The number of sulfone groups is 1. The molecule has 8 nitrogen and oxygen atoms in total. The zero-order valence-electron chi connectivity index (χ0n) is 15.9. The fourth-order valence-corrected chi connectivity index (χ4v) is 3.68. The highest BCUT2D eigenvalue weighted by Gasteiger charge is 2.43. The van der Waals surface area contributed by atoms with Crippen LogP contribution < -0.4 is 0 Å². The van der Waals surface area contributed by atoms with Crippen LogP contribution in [0.4, 0.5) is 17.6 Å². The molecule has 1 aromatic heterocycles. The van der Waals surface area contributed by atoms with Crippen molar-refractivity contribution >= 4 is 15.7 Å². The Morgan fingerprint density at radius 2 is 1.83 bits per heavy atom. The van der Waals surface area contributed by atoms with Crippen LogP contribution in [0.2, 0.25) is 0 Å². The number of alkyl halides is 3. The Labute approximate surface area is 170 Å². The predicted octanol–water partition coefficient (Wildman–Crippen LogP) is 1.23. The molecular formula is C17H19F4N5O3S. The highest BCUT2D eigenvalue weighted by atomic mass is 32.2. The van der Waals surface area contributed by atoms with Gasteiger partial charge in [-0.3, -0.25) is 9.69 Å². The van der Waals surface area contributed by atoms with Gasteiger partial charge < -0.3 is 4.90 Å². The molecule has 1 amide bonds. The van der Waals surface area contributed by atoms with E-state index in [1.54, 1.807) is 0 Å². The summed E-state index contributed by atoms with van der Waals surface area (Å²) in [6.07, 6.45) is -3.83. The van der Waals surface area contributed by atoms with Crippen LogP contribution >= 0.6 is 0 Å². The molecule has 0 atom stereocenters. The van der Waals surface area contributed by atoms with Gasteiger partial charge in [0.25, 0.3) is 5.91 Å². The Balaban J connectivity index is 1.80. The molecule has 0 N–H and O–H groups in total. The topological polar surface area (TPSA) is 88.4 Å². The molecule has 3 rings (SSSR count). The molecule has 0 spiro atoms. The monoisotopic (exact) mass is 449 g/mol. The lowest BCUT2D eigenvalue weighted by atomic mass is 10.2. The zero-order valence-corrected chi connectivity index (χ0v) is 16.7. The van der Waals surface area contributed by atoms with Crippen LogP contribution in [0.5, 0.6) is 0 Å². The van der Waals surface area contributed by atoms with E-state index >= 15 is 0 Å². The molecule has 2 aromatic rings. The second-order valence-electron chi connectivity index (χ2n) is 6.94. The Morgan fingerprint density at radius 3 is 2.40 bits per heavy atom. The van der Waals surface area contributed by atoms with Gasteiger partial charge in [-0.2, -0.15) is 13.2 Å². The fraction of sp³-hybridized carbons (Fsp3) is 0.471. The summed E-state index contributed by atoms with van der Waals surface area (Å²) in [4.78, 5) is 15.8. The van der Waals surface area contributed by atoms with E-state index in [0.717, 1.165) is 18.4 Å². The highest BCUT2D eigenvalue weighted by molar-refractivity contribution is 7.90. The molecule has 1 aromatic carbocycles. The summed E-state index contributed by atoms with van der Waals surface area (Å²) in [5, 5.41) is 6.87. The number of halogens is 4. The van der Waals surface area contributed by atoms with E-state index in [9.17, 15) is 30.8 Å². The maximum Gasteiger partial charge on any atom is 0.435 e. The molecule has 1 aliphatic rings. The van der Waals surface area contributed by atoms with Gasteiger partial charge in [-0.05, 0) is 18.2 Å². The molecule has 0 aliphatic carbocycles. The van der Waals surface area contributed by atoms with E-state index < -0.39 is 39.1 Å². The first kappa shape index (κ1) is 22.2. The van der Waals surface area contributed by atoms with Crippen LogP contribution in [-0.4, -0.2) is 83.9 Å². The minimum Gasteiger partial charge on any atom is -0.335 e. The number of nitrogens with zero attached hydrogens (tertiary/aromatic N) is 5. The van der Waals surface area contributed by atoms with Gasteiger partial charge in [-0.1, -0.05) is 11.3 Å². The third-order valence-corrected chi connectivity index (χ3v) is 5.56. The average molecular weight is 449 g/mol. The number of rotatable bonds is 5. The number of benzene rings is 1. The van der Waals surface area contributed by atoms with Gasteiger partial charge >= 0.3 is 6.18 Å². The van der Waals surface area contributed by atoms with Gasteiger partial charge in [0.1, 0.15) is 15.7 Å². The molecule has 1 saturated heterocycles. The molecular weight excluding hydrogens is 430 g/mol. The number of carbonyl (C=O) groups is 1. The molecule has 0 bridgehead atoms. The van der Waals surface area contributed by atoms with Crippen molar-refractivity contribution in [1.29, 1.82) is 0 Å². The Morgan fingerprint density at radius 1 is 1.17 bits per heavy atom. The van der Waals surface area contributed by atoms with E-state index in [0.29, 0.717) is 17.8 Å². The molecule has 13 heteroatoms. The lowest BCUT2D eigenvalue weighted by Gasteiger charge is -2.34. The highest BCUT2D eigenvalue weighted by Crippen LogP contribution is 2.33. The molecule has 0 radical (unpaired) electrons. The third kappa shape index (κ3) is 5.14. The molecule has 2 heterocycles. The fourth-order valence-electron chi connectivity index (χ4n) is 3.09. The van der Waals surface area contributed by atoms with Gasteiger partial charge in [0.05, 0.1) is 11.4 Å². The summed E-state index contributed by atoms with van der Waals surface area (Å²) in [5.41, 5.74) is -2.45. The molecule has 0 saturated carbocycles. The second-order valence-corrected chi connectivity index (χ2v) is 9.20. The van der Waals surface area contributed by atoms with Gasteiger partial charge in [-0.25, -0.2) is 17.5 Å². The maximum atomic E-state index is 13.7. The van der Waals surface area contributed by atoms with Crippen molar-refractivity contribution in [3.05, 3.63) is 41.5 Å². The van der Waals surface area contributed by atoms with Crippen molar-refractivity contribution in [2.45, 2.75) is 6.18 Å². The van der Waals surface area contributed by atoms with Crippen LogP contribution in [-0.2, 0) is 16.0 Å². The minimum absolute atomic E-state index is 0.0405. The van der Waals surface area contributed by atoms with Gasteiger partial charge in [0.2, 0.25) is 0 Å². The number of amides is 1. The van der Waals surface area contributed by atoms with Crippen molar-refractivity contribution in [3.63, 3.8) is 0 Å². The number of carbonyl (C=O) groups excluding carboxylic acids is 1. The van der Waals surface area contributed by atoms with Gasteiger partial charge in [-0.15, -0.1) is 5.10 Å². The molecule has 0 unspecified atom stereocenters. The number of hydrogen-bond acceptors (Lipinski definition) is 6. The molecule has 164 valence electrons. The molecule has 1 aliphatic heterocycles. The Kier molecular flexibility index (Phi) is 6.13. The van der Waals surface area contributed by atoms with Crippen LogP contribution in [0, 0.1) is 5.82 Å². The standard InChI is InChI=1S/C17H19F4N5O3S/c1-30(28,29)10-9-24-5-7-25(8-6-24)16(27)14-15(17(19,20)21)26(23-22-14)13-4-2-3-12(18)11-13/h2-4,11H,5-10H2,1H3. The first-order valence-corrected chi connectivity index (χ1v) is 11.0. The van der Waals surface area contributed by atoms with Crippen molar-refractivity contribution in [1.82, 2.24) is 24.8 Å². The summed E-state index contributed by atoms with van der Waals surface area (Å²) < 4.78 is 77.5. The van der Waals surface area contributed by atoms with Crippen molar-refractivity contribution < 1.29 is 30.8 Å². The van der Waals surface area contributed by atoms with Crippen LogP contribution in [0.15, 0.2) is 24.3 Å². The lowest BCUT2D eigenvalue weighted by Crippen LogP contribution is -2.50. The van der Waals surface area contributed by atoms with Crippen LogP contribution in [0.1, 0.15) is 16.2 Å². The number of piperazine rings is 1. The number of hydrogen-bond donors (Lipinski definition) is 0. The summed E-state index contributed by atoms with van der Waals surface area (Å²) in [6.45, 7) is 1.16. The van der Waals surface area contributed by atoms with E-state index in [1.807, 2.05) is 4.90 Å². The second kappa shape index (κ2) is 8.30. The quantitative estimate of drug-likeness (QED) is 0.638. The third-order valence-electron chi connectivity index (χ3n) is 4.63. The van der Waals surface area contributed by atoms with Crippen molar-refractivity contribution in [2.75, 3.05) is 44.7 Å².